The van der Waals surface area contributed by atoms with Gasteiger partial charge in [-0.1, -0.05) is 13.0 Å². The van der Waals surface area contributed by atoms with Gasteiger partial charge >= 0.3 is 0 Å². The van der Waals surface area contributed by atoms with Crippen molar-refractivity contribution in [3.05, 3.63) is 54.6 Å². The summed E-state index contributed by atoms with van der Waals surface area (Å²) in [5.74, 6) is 0. The maximum atomic E-state index is 4.64. The molecule has 0 aliphatic carbocycles. The summed E-state index contributed by atoms with van der Waals surface area (Å²) in [4.78, 5) is 12.3. The molecule has 0 fully saturated rings. The highest BCUT2D eigenvalue weighted by atomic mass is 15.0. The van der Waals surface area contributed by atoms with Crippen molar-refractivity contribution >= 4 is 16.7 Å². The van der Waals surface area contributed by atoms with Crippen LogP contribution in [0.5, 0.6) is 0 Å². The Morgan fingerprint density at radius 3 is 3.10 bits per heavy atom. The van der Waals surface area contributed by atoms with E-state index in [0.717, 1.165) is 29.0 Å². The predicted molar refractivity (Wildman–Crippen MR) is 79.7 cm³/mol. The smallest absolute Gasteiger partial charge is 0.137 e. The number of fused-ring (bicyclic) bond motifs is 2. The second-order valence-corrected chi connectivity index (χ2v) is 4.88. The van der Waals surface area contributed by atoms with Gasteiger partial charge in [0, 0.05) is 35.7 Å². The SMILES string of the molecule is CCc1c[nH]c2ncc(-c3cn4ccccc4n3)cc12. The van der Waals surface area contributed by atoms with Crippen LogP contribution in [0.1, 0.15) is 12.5 Å². The molecular weight excluding hydrogens is 248 g/mol. The predicted octanol–water partition coefficient (Wildman–Crippen LogP) is 3.44. The van der Waals surface area contributed by atoms with Crippen LogP contribution in [0.4, 0.5) is 0 Å². The summed E-state index contributed by atoms with van der Waals surface area (Å²) in [6.45, 7) is 2.15. The Kier molecular flexibility index (Phi) is 2.36. The van der Waals surface area contributed by atoms with Gasteiger partial charge in [-0.3, -0.25) is 0 Å². The Labute approximate surface area is 116 Å². The molecule has 98 valence electrons. The second kappa shape index (κ2) is 4.20. The highest BCUT2D eigenvalue weighted by Gasteiger charge is 2.08. The van der Waals surface area contributed by atoms with E-state index in [1.807, 2.05) is 47.4 Å². The third kappa shape index (κ3) is 1.61. The first kappa shape index (κ1) is 11.2. The molecule has 0 saturated heterocycles. The van der Waals surface area contributed by atoms with E-state index >= 15 is 0 Å². The molecule has 4 rings (SSSR count). The monoisotopic (exact) mass is 262 g/mol. The molecule has 0 aliphatic rings. The minimum atomic E-state index is 0.939. The maximum Gasteiger partial charge on any atom is 0.137 e. The van der Waals surface area contributed by atoms with Crippen LogP contribution in [0.3, 0.4) is 0 Å². The summed E-state index contributed by atoms with van der Waals surface area (Å²) in [6, 6.07) is 8.17. The van der Waals surface area contributed by atoms with Crippen molar-refractivity contribution in [2.45, 2.75) is 13.3 Å². The first-order valence-electron chi connectivity index (χ1n) is 6.75. The van der Waals surface area contributed by atoms with Gasteiger partial charge in [0.15, 0.2) is 0 Å². The largest absolute Gasteiger partial charge is 0.346 e. The molecule has 0 aliphatic heterocycles. The number of imidazole rings is 1. The van der Waals surface area contributed by atoms with Gasteiger partial charge in [-0.2, -0.15) is 0 Å². The zero-order valence-electron chi connectivity index (χ0n) is 11.2. The molecule has 0 amide bonds. The standard InChI is InChI=1S/C16H14N4/c1-2-11-8-17-16-13(11)7-12(9-18-16)14-10-20-6-4-3-5-15(20)19-14/h3-10H,2H2,1H3,(H,17,18). The van der Waals surface area contributed by atoms with Gasteiger partial charge in [0.25, 0.3) is 0 Å². The van der Waals surface area contributed by atoms with Crippen molar-refractivity contribution in [1.29, 1.82) is 0 Å². The highest BCUT2D eigenvalue weighted by molar-refractivity contribution is 5.84. The lowest BCUT2D eigenvalue weighted by Crippen LogP contribution is -1.83. The molecule has 20 heavy (non-hydrogen) atoms. The maximum absolute atomic E-state index is 4.64. The summed E-state index contributed by atoms with van der Waals surface area (Å²) in [5, 5.41) is 1.18. The van der Waals surface area contributed by atoms with Crippen molar-refractivity contribution in [3.63, 3.8) is 0 Å². The van der Waals surface area contributed by atoms with E-state index in [-0.39, 0.29) is 0 Å². The first-order valence-corrected chi connectivity index (χ1v) is 6.75. The molecule has 0 saturated carbocycles. The van der Waals surface area contributed by atoms with Gasteiger partial charge in [-0.05, 0) is 30.2 Å². The first-order chi connectivity index (χ1) is 9.85. The molecule has 0 spiro atoms. The number of aryl methyl sites for hydroxylation is 1. The average molecular weight is 262 g/mol. The third-order valence-corrected chi connectivity index (χ3v) is 3.66. The molecule has 0 aromatic carbocycles. The summed E-state index contributed by atoms with van der Waals surface area (Å²) in [6.07, 6.45) is 8.95. The van der Waals surface area contributed by atoms with Gasteiger partial charge < -0.3 is 9.38 Å². The van der Waals surface area contributed by atoms with E-state index in [2.05, 4.69) is 27.9 Å². The lowest BCUT2D eigenvalue weighted by atomic mass is 10.1. The number of H-pyrrole nitrogens is 1. The van der Waals surface area contributed by atoms with Crippen LogP contribution in [0, 0.1) is 0 Å². The quantitative estimate of drug-likeness (QED) is 0.601. The molecule has 0 atom stereocenters. The molecule has 0 unspecified atom stereocenters. The van der Waals surface area contributed by atoms with Crippen LogP contribution in [0.2, 0.25) is 0 Å². The number of nitrogens with one attached hydrogen (secondary N) is 1. The zero-order valence-corrected chi connectivity index (χ0v) is 11.2. The number of rotatable bonds is 2. The van der Waals surface area contributed by atoms with Crippen LogP contribution in [0.15, 0.2) is 49.1 Å². The number of pyridine rings is 2. The Balaban J connectivity index is 1.92. The molecular formula is C16H14N4. The van der Waals surface area contributed by atoms with Gasteiger partial charge in [-0.25, -0.2) is 9.97 Å². The van der Waals surface area contributed by atoms with Crippen molar-refractivity contribution in [2.75, 3.05) is 0 Å². The molecule has 0 bridgehead atoms. The van der Waals surface area contributed by atoms with Crippen molar-refractivity contribution in [1.82, 2.24) is 19.4 Å². The number of aromatic nitrogens is 4. The summed E-state index contributed by atoms with van der Waals surface area (Å²) in [7, 11) is 0. The Bertz CT molecular complexity index is 868. The van der Waals surface area contributed by atoms with Gasteiger partial charge in [0.1, 0.15) is 11.3 Å². The number of hydrogen-bond donors (Lipinski definition) is 1. The topological polar surface area (TPSA) is 46.0 Å². The van der Waals surface area contributed by atoms with E-state index in [9.17, 15) is 0 Å². The minimum Gasteiger partial charge on any atom is -0.346 e. The molecule has 4 heteroatoms. The molecule has 0 radical (unpaired) electrons. The second-order valence-electron chi connectivity index (χ2n) is 4.88. The van der Waals surface area contributed by atoms with Crippen LogP contribution >= 0.6 is 0 Å². The fourth-order valence-electron chi connectivity index (χ4n) is 2.56. The van der Waals surface area contributed by atoms with Gasteiger partial charge in [0.2, 0.25) is 0 Å². The Hall–Kier alpha value is -2.62. The fourth-order valence-corrected chi connectivity index (χ4v) is 2.56. The Morgan fingerprint density at radius 2 is 2.25 bits per heavy atom. The van der Waals surface area contributed by atoms with E-state index in [1.165, 1.54) is 10.9 Å². The van der Waals surface area contributed by atoms with Crippen LogP contribution in [-0.4, -0.2) is 19.4 Å². The Morgan fingerprint density at radius 1 is 1.30 bits per heavy atom. The van der Waals surface area contributed by atoms with E-state index in [0.29, 0.717) is 0 Å². The van der Waals surface area contributed by atoms with Crippen LogP contribution in [-0.2, 0) is 6.42 Å². The minimum absolute atomic E-state index is 0.939. The summed E-state index contributed by atoms with van der Waals surface area (Å²) in [5.41, 5.74) is 5.18. The molecule has 1 N–H and O–H groups in total. The lowest BCUT2D eigenvalue weighted by Gasteiger charge is -1.98. The molecule has 4 heterocycles. The molecule has 4 aromatic heterocycles. The number of hydrogen-bond acceptors (Lipinski definition) is 2. The average Bonchev–Trinajstić information content (AvgIpc) is 3.10. The third-order valence-electron chi connectivity index (χ3n) is 3.66. The summed E-state index contributed by atoms with van der Waals surface area (Å²) < 4.78 is 2.03. The molecule has 4 nitrogen and oxygen atoms in total. The van der Waals surface area contributed by atoms with Gasteiger partial charge in [-0.15, -0.1) is 0 Å². The van der Waals surface area contributed by atoms with E-state index in [4.69, 9.17) is 0 Å². The van der Waals surface area contributed by atoms with Crippen LogP contribution in [0.25, 0.3) is 27.9 Å². The fraction of sp³-hybridized carbons (Fsp3) is 0.125. The van der Waals surface area contributed by atoms with Crippen molar-refractivity contribution in [2.24, 2.45) is 0 Å². The highest BCUT2D eigenvalue weighted by Crippen LogP contribution is 2.24. The zero-order chi connectivity index (χ0) is 13.5. The van der Waals surface area contributed by atoms with E-state index in [1.54, 1.807) is 0 Å². The summed E-state index contributed by atoms with van der Waals surface area (Å²) >= 11 is 0. The van der Waals surface area contributed by atoms with Crippen molar-refractivity contribution < 1.29 is 0 Å². The molecule has 4 aromatic rings. The van der Waals surface area contributed by atoms with Crippen molar-refractivity contribution in [3.8, 4) is 11.3 Å². The number of aromatic amines is 1. The lowest BCUT2D eigenvalue weighted by molar-refractivity contribution is 1.15. The van der Waals surface area contributed by atoms with E-state index < -0.39 is 0 Å². The normalized spacial score (nSPS) is 11.4. The van der Waals surface area contributed by atoms with Gasteiger partial charge in [0.05, 0.1) is 5.69 Å². The van der Waals surface area contributed by atoms with Crippen LogP contribution < -0.4 is 0 Å². The number of nitrogens with zero attached hydrogens (tertiary/aromatic N) is 3.